The van der Waals surface area contributed by atoms with E-state index in [2.05, 4.69) is 28.0 Å². The van der Waals surface area contributed by atoms with Crippen molar-refractivity contribution in [3.63, 3.8) is 0 Å². The van der Waals surface area contributed by atoms with Gasteiger partial charge >= 0.3 is 0 Å². The van der Waals surface area contributed by atoms with E-state index in [1.54, 1.807) is 26.2 Å². The number of ether oxygens (including phenoxy) is 1. The van der Waals surface area contributed by atoms with Crippen LogP contribution in [-0.4, -0.2) is 65.3 Å². The van der Waals surface area contributed by atoms with Gasteiger partial charge in [0.05, 0.1) is 24.3 Å². The van der Waals surface area contributed by atoms with Crippen LogP contribution in [0, 0.1) is 12.7 Å². The number of hydrogen-bond acceptors (Lipinski definition) is 7. The Bertz CT molecular complexity index is 1210. The molecule has 9 heteroatoms. The van der Waals surface area contributed by atoms with Crippen LogP contribution in [0.25, 0.3) is 22.6 Å². The lowest BCUT2D eigenvalue weighted by atomic mass is 9.98. The molecule has 1 saturated heterocycles. The molecule has 1 atom stereocenters. The SMILES string of the molecule is COCCC(=O)N1CCN(c2nc(C3CC3)c(-c3ccc(F)cc3)cc2-c2nc(C)no2)C[C@H]1C. The fraction of sp³-hybridized carbons (Fsp3) is 0.462. The Morgan fingerprint density at radius 2 is 1.94 bits per heavy atom. The van der Waals surface area contributed by atoms with E-state index in [0.717, 1.165) is 41.0 Å². The molecule has 2 aliphatic rings. The highest BCUT2D eigenvalue weighted by molar-refractivity contribution is 5.80. The summed E-state index contributed by atoms with van der Waals surface area (Å²) in [6.07, 6.45) is 2.54. The molecule has 2 aromatic heterocycles. The number of piperazine rings is 1. The quantitative estimate of drug-likeness (QED) is 0.502. The first-order valence-corrected chi connectivity index (χ1v) is 12.1. The zero-order valence-electron chi connectivity index (χ0n) is 20.3. The number of benzene rings is 1. The third kappa shape index (κ3) is 4.91. The van der Waals surface area contributed by atoms with Gasteiger partial charge in [0.1, 0.15) is 11.6 Å². The Labute approximate surface area is 204 Å². The lowest BCUT2D eigenvalue weighted by molar-refractivity contribution is -0.134. The summed E-state index contributed by atoms with van der Waals surface area (Å²) in [6, 6.07) is 8.58. The molecule has 8 nitrogen and oxygen atoms in total. The van der Waals surface area contributed by atoms with Gasteiger partial charge in [-0.2, -0.15) is 4.98 Å². The first-order chi connectivity index (χ1) is 16.9. The average Bonchev–Trinajstić information content (AvgIpc) is 3.62. The zero-order chi connectivity index (χ0) is 24.5. The molecular formula is C26H30FN5O3. The number of amides is 1. The first-order valence-electron chi connectivity index (χ1n) is 12.1. The zero-order valence-corrected chi connectivity index (χ0v) is 20.3. The predicted molar refractivity (Wildman–Crippen MR) is 130 cm³/mol. The molecule has 0 bridgehead atoms. The maximum atomic E-state index is 13.6. The van der Waals surface area contributed by atoms with E-state index < -0.39 is 0 Å². The summed E-state index contributed by atoms with van der Waals surface area (Å²) in [5.41, 5.74) is 3.63. The fourth-order valence-electron chi connectivity index (χ4n) is 4.70. The minimum Gasteiger partial charge on any atom is -0.384 e. The van der Waals surface area contributed by atoms with Gasteiger partial charge in [-0.3, -0.25) is 4.79 Å². The monoisotopic (exact) mass is 479 g/mol. The highest BCUT2D eigenvalue weighted by Gasteiger charge is 2.34. The molecule has 1 amide bonds. The van der Waals surface area contributed by atoms with Crippen LogP contribution in [0.3, 0.4) is 0 Å². The first kappa shape index (κ1) is 23.4. The molecule has 5 rings (SSSR count). The predicted octanol–water partition coefficient (Wildman–Crippen LogP) is 4.20. The van der Waals surface area contributed by atoms with Gasteiger partial charge in [-0.1, -0.05) is 17.3 Å². The van der Waals surface area contributed by atoms with Crippen LogP contribution in [-0.2, 0) is 9.53 Å². The van der Waals surface area contributed by atoms with Crippen molar-refractivity contribution in [2.45, 2.75) is 45.1 Å². The van der Waals surface area contributed by atoms with Crippen LogP contribution in [0.4, 0.5) is 10.2 Å². The highest BCUT2D eigenvalue weighted by atomic mass is 19.1. The molecule has 1 aliphatic carbocycles. The minimum atomic E-state index is -0.272. The summed E-state index contributed by atoms with van der Waals surface area (Å²) in [6.45, 7) is 6.16. The number of nitrogens with zero attached hydrogens (tertiary/aromatic N) is 5. The summed E-state index contributed by atoms with van der Waals surface area (Å²) in [5, 5.41) is 4.00. The molecule has 0 spiro atoms. The van der Waals surface area contributed by atoms with Crippen LogP contribution in [0.15, 0.2) is 34.9 Å². The Morgan fingerprint density at radius 1 is 1.17 bits per heavy atom. The Morgan fingerprint density at radius 3 is 2.57 bits per heavy atom. The van der Waals surface area contributed by atoms with Gasteiger partial charge in [-0.05, 0) is 50.5 Å². The maximum Gasteiger partial charge on any atom is 0.261 e. The van der Waals surface area contributed by atoms with Crippen molar-refractivity contribution in [1.82, 2.24) is 20.0 Å². The van der Waals surface area contributed by atoms with E-state index >= 15 is 0 Å². The third-order valence-corrected chi connectivity index (χ3v) is 6.68. The van der Waals surface area contributed by atoms with Crippen molar-refractivity contribution in [2.24, 2.45) is 0 Å². The second-order valence-corrected chi connectivity index (χ2v) is 9.35. The number of methoxy groups -OCH3 is 1. The van der Waals surface area contributed by atoms with Crippen LogP contribution >= 0.6 is 0 Å². The average molecular weight is 480 g/mol. The Balaban J connectivity index is 1.53. The van der Waals surface area contributed by atoms with Crippen LogP contribution in [0.2, 0.25) is 0 Å². The standard InChI is InChI=1S/C26H30FN5O3/c1-16-15-31(11-12-32(16)23(33)10-13-34-3)25-22(26-28-17(2)30-35-26)14-21(24(29-25)19-4-5-19)18-6-8-20(27)9-7-18/h6-9,14,16,19H,4-5,10-13,15H2,1-3H3/t16-/m1/s1. The number of halogens is 1. The lowest BCUT2D eigenvalue weighted by Crippen LogP contribution is -2.54. The van der Waals surface area contributed by atoms with Crippen LogP contribution in [0.1, 0.15) is 43.6 Å². The molecule has 1 aromatic carbocycles. The van der Waals surface area contributed by atoms with Crippen molar-refractivity contribution in [2.75, 3.05) is 38.3 Å². The summed E-state index contributed by atoms with van der Waals surface area (Å²) in [5.74, 6) is 1.94. The smallest absolute Gasteiger partial charge is 0.261 e. The fourth-order valence-corrected chi connectivity index (χ4v) is 4.70. The third-order valence-electron chi connectivity index (χ3n) is 6.68. The van der Waals surface area contributed by atoms with Crippen molar-refractivity contribution >= 4 is 11.7 Å². The summed E-state index contributed by atoms with van der Waals surface area (Å²) in [7, 11) is 1.61. The highest BCUT2D eigenvalue weighted by Crippen LogP contribution is 2.46. The van der Waals surface area contributed by atoms with Crippen LogP contribution in [0.5, 0.6) is 0 Å². The molecule has 3 heterocycles. The molecule has 3 aromatic rings. The molecule has 1 aliphatic heterocycles. The van der Waals surface area contributed by atoms with E-state index in [0.29, 0.717) is 50.3 Å². The van der Waals surface area contributed by atoms with Gasteiger partial charge in [0.15, 0.2) is 5.82 Å². The van der Waals surface area contributed by atoms with Gasteiger partial charge in [-0.15, -0.1) is 0 Å². The lowest BCUT2D eigenvalue weighted by Gasteiger charge is -2.41. The number of aromatic nitrogens is 3. The number of carbonyl (C=O) groups is 1. The second-order valence-electron chi connectivity index (χ2n) is 9.35. The Hall–Kier alpha value is -3.33. The van der Waals surface area contributed by atoms with Gasteiger partial charge in [0, 0.05) is 44.3 Å². The number of hydrogen-bond donors (Lipinski definition) is 0. The second kappa shape index (κ2) is 9.73. The molecular weight excluding hydrogens is 449 g/mol. The number of anilines is 1. The number of aryl methyl sites for hydroxylation is 1. The summed E-state index contributed by atoms with van der Waals surface area (Å²) < 4.78 is 24.3. The molecule has 35 heavy (non-hydrogen) atoms. The Kier molecular flexibility index (Phi) is 6.51. The number of pyridine rings is 1. The normalized spacial score (nSPS) is 18.2. The van der Waals surface area contributed by atoms with E-state index in [4.69, 9.17) is 14.2 Å². The molecule has 0 unspecified atom stereocenters. The van der Waals surface area contributed by atoms with Crippen molar-refractivity contribution in [3.05, 3.63) is 47.7 Å². The number of rotatable bonds is 7. The van der Waals surface area contributed by atoms with Crippen molar-refractivity contribution in [1.29, 1.82) is 0 Å². The summed E-state index contributed by atoms with van der Waals surface area (Å²) >= 11 is 0. The number of carbonyl (C=O) groups excluding carboxylic acids is 1. The molecule has 2 fully saturated rings. The topological polar surface area (TPSA) is 84.6 Å². The van der Waals surface area contributed by atoms with E-state index in [9.17, 15) is 9.18 Å². The van der Waals surface area contributed by atoms with Gasteiger partial charge in [-0.25, -0.2) is 9.37 Å². The van der Waals surface area contributed by atoms with Gasteiger partial charge in [0.25, 0.3) is 5.89 Å². The van der Waals surface area contributed by atoms with E-state index in [1.165, 1.54) is 12.1 Å². The van der Waals surface area contributed by atoms with Gasteiger partial charge < -0.3 is 19.1 Å². The molecule has 184 valence electrons. The van der Waals surface area contributed by atoms with E-state index in [-0.39, 0.29) is 17.8 Å². The van der Waals surface area contributed by atoms with Crippen molar-refractivity contribution < 1.29 is 18.4 Å². The van der Waals surface area contributed by atoms with Crippen molar-refractivity contribution in [3.8, 4) is 22.6 Å². The maximum absolute atomic E-state index is 13.6. The summed E-state index contributed by atoms with van der Waals surface area (Å²) in [4.78, 5) is 26.4. The molecule has 0 radical (unpaired) electrons. The largest absolute Gasteiger partial charge is 0.384 e. The molecule has 0 N–H and O–H groups in total. The van der Waals surface area contributed by atoms with Gasteiger partial charge in [0.2, 0.25) is 5.91 Å². The van der Waals surface area contributed by atoms with E-state index in [1.807, 2.05) is 4.90 Å². The molecule has 1 saturated carbocycles. The minimum absolute atomic E-state index is 0.0216. The van der Waals surface area contributed by atoms with Crippen LogP contribution < -0.4 is 4.90 Å².